The molecule has 0 amide bonds. The molecule has 3 heteroatoms. The van der Waals surface area contributed by atoms with Crippen molar-refractivity contribution in [1.29, 1.82) is 0 Å². The number of rotatable bonds is 2. The first-order valence-corrected chi connectivity index (χ1v) is 7.52. The molecule has 3 nitrogen and oxygen atoms in total. The van der Waals surface area contributed by atoms with Crippen LogP contribution in [0.2, 0.25) is 0 Å². The molecule has 2 heterocycles. The summed E-state index contributed by atoms with van der Waals surface area (Å²) in [6, 6.07) is 3.82. The zero-order valence-electron chi connectivity index (χ0n) is 11.7. The number of aromatic nitrogens is 1. The molecule has 0 N–H and O–H groups in total. The van der Waals surface area contributed by atoms with E-state index in [0.29, 0.717) is 6.54 Å². The second-order valence-corrected chi connectivity index (χ2v) is 6.17. The molecule has 1 aromatic rings. The lowest BCUT2D eigenvalue weighted by atomic mass is 9.83. The van der Waals surface area contributed by atoms with Crippen LogP contribution in [0, 0.1) is 6.92 Å². The average molecular weight is 261 g/mol. The van der Waals surface area contributed by atoms with Gasteiger partial charge in [0.25, 0.3) is 5.56 Å². The molecule has 1 aliphatic heterocycles. The van der Waals surface area contributed by atoms with Gasteiger partial charge in [0, 0.05) is 11.8 Å². The van der Waals surface area contributed by atoms with Crippen LogP contribution in [-0.2, 0) is 11.3 Å². The largest absolute Gasteiger partial charge is 0.370 e. The van der Waals surface area contributed by atoms with Gasteiger partial charge in [-0.2, -0.15) is 0 Å². The number of nitrogens with zero attached hydrogens (tertiary/aromatic N) is 1. The molecule has 1 spiro atoms. The van der Waals surface area contributed by atoms with Crippen LogP contribution < -0.4 is 5.56 Å². The van der Waals surface area contributed by atoms with Crippen molar-refractivity contribution < 1.29 is 4.74 Å². The highest BCUT2D eigenvalue weighted by Gasteiger charge is 2.40. The maximum absolute atomic E-state index is 12.0. The average Bonchev–Trinajstić information content (AvgIpc) is 2.79. The van der Waals surface area contributed by atoms with Crippen molar-refractivity contribution in [3.05, 3.63) is 34.2 Å². The van der Waals surface area contributed by atoms with Gasteiger partial charge in [-0.3, -0.25) is 4.79 Å². The molecule has 104 valence electrons. The fourth-order valence-corrected chi connectivity index (χ4v) is 3.61. The third kappa shape index (κ3) is 2.62. The van der Waals surface area contributed by atoms with Crippen molar-refractivity contribution in [2.75, 3.05) is 0 Å². The second-order valence-electron chi connectivity index (χ2n) is 6.17. The van der Waals surface area contributed by atoms with Crippen LogP contribution in [-0.4, -0.2) is 16.3 Å². The smallest absolute Gasteiger partial charge is 0.253 e. The Bertz CT molecular complexity index is 500. The highest BCUT2D eigenvalue weighted by atomic mass is 16.5. The molecule has 19 heavy (non-hydrogen) atoms. The molecule has 1 saturated carbocycles. The van der Waals surface area contributed by atoms with Crippen LogP contribution in [0.4, 0.5) is 0 Å². The van der Waals surface area contributed by atoms with E-state index in [2.05, 4.69) is 0 Å². The fraction of sp³-hybridized carbons (Fsp3) is 0.688. The molecule has 1 unspecified atom stereocenters. The number of ether oxygens (including phenoxy) is 1. The Morgan fingerprint density at radius 3 is 2.89 bits per heavy atom. The molecule has 1 saturated heterocycles. The SMILES string of the molecule is Cc1cccn(CC2CCC3(CCCCC3)O2)c1=O. The van der Waals surface area contributed by atoms with E-state index >= 15 is 0 Å². The molecule has 0 bridgehead atoms. The van der Waals surface area contributed by atoms with Gasteiger partial charge in [-0.05, 0) is 38.7 Å². The van der Waals surface area contributed by atoms with Crippen molar-refractivity contribution in [2.45, 2.75) is 70.1 Å². The Morgan fingerprint density at radius 2 is 2.11 bits per heavy atom. The highest BCUT2D eigenvalue weighted by Crippen LogP contribution is 2.42. The van der Waals surface area contributed by atoms with Gasteiger partial charge in [0.1, 0.15) is 0 Å². The molecule has 2 aliphatic rings. The van der Waals surface area contributed by atoms with Gasteiger partial charge in [-0.15, -0.1) is 0 Å². The lowest BCUT2D eigenvalue weighted by Crippen LogP contribution is -2.34. The molecular weight excluding hydrogens is 238 g/mol. The Morgan fingerprint density at radius 1 is 1.32 bits per heavy atom. The Hall–Kier alpha value is -1.09. The van der Waals surface area contributed by atoms with Crippen molar-refractivity contribution in [2.24, 2.45) is 0 Å². The van der Waals surface area contributed by atoms with Crippen LogP contribution in [0.15, 0.2) is 23.1 Å². The van der Waals surface area contributed by atoms with Gasteiger partial charge in [0.15, 0.2) is 0 Å². The van der Waals surface area contributed by atoms with Crippen LogP contribution >= 0.6 is 0 Å². The predicted octanol–water partition coefficient (Wildman–Crippen LogP) is 3.04. The van der Waals surface area contributed by atoms with Gasteiger partial charge in [0.05, 0.1) is 18.2 Å². The molecular formula is C16H23NO2. The quantitative estimate of drug-likeness (QED) is 0.819. The van der Waals surface area contributed by atoms with E-state index in [1.54, 1.807) is 0 Å². The van der Waals surface area contributed by atoms with E-state index in [4.69, 9.17) is 4.74 Å². The monoisotopic (exact) mass is 261 g/mol. The molecule has 1 aromatic heterocycles. The lowest BCUT2D eigenvalue weighted by molar-refractivity contribution is -0.0682. The minimum Gasteiger partial charge on any atom is -0.370 e. The third-order valence-electron chi connectivity index (χ3n) is 4.71. The van der Waals surface area contributed by atoms with Gasteiger partial charge in [0.2, 0.25) is 0 Å². The third-order valence-corrected chi connectivity index (χ3v) is 4.71. The van der Waals surface area contributed by atoms with Crippen molar-refractivity contribution >= 4 is 0 Å². The van der Waals surface area contributed by atoms with Crippen LogP contribution in [0.1, 0.15) is 50.5 Å². The number of pyridine rings is 1. The summed E-state index contributed by atoms with van der Waals surface area (Å²) in [5.74, 6) is 0. The first kappa shape index (κ1) is 12.9. The summed E-state index contributed by atoms with van der Waals surface area (Å²) in [4.78, 5) is 12.0. The summed E-state index contributed by atoms with van der Waals surface area (Å²) >= 11 is 0. The summed E-state index contributed by atoms with van der Waals surface area (Å²) in [6.45, 7) is 2.58. The molecule has 0 aromatic carbocycles. The summed E-state index contributed by atoms with van der Waals surface area (Å²) in [5.41, 5.74) is 1.08. The lowest BCUT2D eigenvalue weighted by Gasteiger charge is -2.33. The minimum atomic E-state index is 0.121. The first-order chi connectivity index (χ1) is 9.19. The van der Waals surface area contributed by atoms with Gasteiger partial charge in [-0.25, -0.2) is 0 Å². The summed E-state index contributed by atoms with van der Waals surface area (Å²) in [7, 11) is 0. The first-order valence-electron chi connectivity index (χ1n) is 7.52. The van der Waals surface area contributed by atoms with E-state index in [9.17, 15) is 4.79 Å². The van der Waals surface area contributed by atoms with Gasteiger partial charge in [-0.1, -0.05) is 25.3 Å². The summed E-state index contributed by atoms with van der Waals surface area (Å²) in [6.07, 6.45) is 10.8. The van der Waals surface area contributed by atoms with E-state index in [-0.39, 0.29) is 17.3 Å². The zero-order chi connectivity index (χ0) is 13.3. The maximum Gasteiger partial charge on any atom is 0.253 e. The Kier molecular flexibility index (Phi) is 3.48. The fourth-order valence-electron chi connectivity index (χ4n) is 3.61. The van der Waals surface area contributed by atoms with E-state index < -0.39 is 0 Å². The maximum atomic E-state index is 12.0. The molecule has 2 fully saturated rings. The predicted molar refractivity (Wildman–Crippen MR) is 75.4 cm³/mol. The van der Waals surface area contributed by atoms with Gasteiger partial charge < -0.3 is 9.30 Å². The molecule has 1 atom stereocenters. The molecule has 1 aliphatic carbocycles. The summed E-state index contributed by atoms with van der Waals surface area (Å²) < 4.78 is 8.14. The summed E-state index contributed by atoms with van der Waals surface area (Å²) in [5, 5.41) is 0. The van der Waals surface area contributed by atoms with E-state index in [1.165, 1.54) is 38.5 Å². The van der Waals surface area contributed by atoms with Crippen molar-refractivity contribution in [1.82, 2.24) is 4.57 Å². The molecule has 3 rings (SSSR count). The highest BCUT2D eigenvalue weighted by molar-refractivity contribution is 5.07. The number of aryl methyl sites for hydroxylation is 1. The standard InChI is InChI=1S/C16H23NO2/c1-13-6-5-11-17(15(13)18)12-14-7-10-16(19-14)8-3-2-4-9-16/h5-6,11,14H,2-4,7-10,12H2,1H3. The topological polar surface area (TPSA) is 31.2 Å². The van der Waals surface area contributed by atoms with Gasteiger partial charge >= 0.3 is 0 Å². The Labute approximate surface area is 114 Å². The van der Waals surface area contributed by atoms with E-state index in [0.717, 1.165) is 12.0 Å². The number of hydrogen-bond acceptors (Lipinski definition) is 2. The van der Waals surface area contributed by atoms with Crippen LogP contribution in [0.25, 0.3) is 0 Å². The van der Waals surface area contributed by atoms with Crippen molar-refractivity contribution in [3.63, 3.8) is 0 Å². The molecule has 0 radical (unpaired) electrons. The normalized spacial score (nSPS) is 25.8. The Balaban J connectivity index is 1.69. The zero-order valence-corrected chi connectivity index (χ0v) is 11.7. The minimum absolute atomic E-state index is 0.121. The number of hydrogen-bond donors (Lipinski definition) is 0. The second kappa shape index (κ2) is 5.12. The van der Waals surface area contributed by atoms with E-state index in [1.807, 2.05) is 29.8 Å². The van der Waals surface area contributed by atoms with Crippen LogP contribution in [0.5, 0.6) is 0 Å². The van der Waals surface area contributed by atoms with Crippen LogP contribution in [0.3, 0.4) is 0 Å². The van der Waals surface area contributed by atoms with Crippen molar-refractivity contribution in [3.8, 4) is 0 Å².